The van der Waals surface area contributed by atoms with Crippen molar-refractivity contribution in [3.8, 4) is 0 Å². The lowest BCUT2D eigenvalue weighted by Crippen LogP contribution is -1.95. The molecule has 0 spiro atoms. The lowest BCUT2D eigenvalue weighted by molar-refractivity contribution is -0.140. The number of rotatable bonds is 4. The Morgan fingerprint density at radius 3 is 1.29 bits per heavy atom. The summed E-state index contributed by atoms with van der Waals surface area (Å²) >= 11 is 0. The summed E-state index contributed by atoms with van der Waals surface area (Å²) in [6, 6.07) is 0. The van der Waals surface area contributed by atoms with Crippen LogP contribution in [0, 0.1) is 0 Å². The third-order valence-corrected chi connectivity index (χ3v) is 1.30. The smallest absolute Gasteiger partial charge is 0.302 e. The van der Waals surface area contributed by atoms with Crippen LogP contribution in [0.3, 0.4) is 0 Å². The molecule has 0 aromatic rings. The minimum atomic E-state index is -0.833. The number of hydrogen-bond acceptors (Lipinski definition) is 5. The van der Waals surface area contributed by atoms with Gasteiger partial charge in [-0.15, -0.1) is 0 Å². The SMILES string of the molecule is CC(=O)O.CCCCCC.CCOC(C)=O.CO.O=CO. The number of carboxylic acids is 1. The molecule has 0 saturated carbocycles. The Balaban J connectivity index is -0.0000000537. The van der Waals surface area contributed by atoms with E-state index < -0.39 is 5.97 Å². The molecule has 0 aliphatic carbocycles. The Bertz CT molecular complexity index is 186. The molecule has 0 saturated heterocycles. The molecular formula is C14H32O7. The highest BCUT2D eigenvalue weighted by Crippen LogP contribution is 1.95. The molecule has 3 N–H and O–H groups in total. The number of carboxylic acid groups (broad SMARTS) is 2. The lowest BCUT2D eigenvalue weighted by Gasteiger charge is -1.89. The molecule has 0 rings (SSSR count). The van der Waals surface area contributed by atoms with Crippen molar-refractivity contribution in [1.29, 1.82) is 0 Å². The van der Waals surface area contributed by atoms with Crippen molar-refractivity contribution in [3.63, 3.8) is 0 Å². The molecule has 0 radical (unpaired) electrons. The highest BCUT2D eigenvalue weighted by atomic mass is 16.5. The molecular weight excluding hydrogens is 280 g/mol. The zero-order chi connectivity index (χ0) is 18.1. The Labute approximate surface area is 127 Å². The van der Waals surface area contributed by atoms with Crippen molar-refractivity contribution < 1.29 is 34.4 Å². The molecule has 0 bridgehead atoms. The number of carbonyl (C=O) groups excluding carboxylic acids is 1. The second-order valence-corrected chi connectivity index (χ2v) is 3.26. The van der Waals surface area contributed by atoms with E-state index in [4.69, 9.17) is 24.9 Å². The molecule has 0 heterocycles. The molecule has 7 nitrogen and oxygen atoms in total. The number of unbranched alkanes of at least 4 members (excludes halogenated alkanes) is 3. The number of hydrogen-bond donors (Lipinski definition) is 3. The van der Waals surface area contributed by atoms with E-state index in [9.17, 15) is 4.79 Å². The number of esters is 1. The van der Waals surface area contributed by atoms with Gasteiger partial charge in [-0.05, 0) is 6.92 Å². The van der Waals surface area contributed by atoms with Gasteiger partial charge in [0, 0.05) is 21.0 Å². The van der Waals surface area contributed by atoms with E-state index in [1.54, 1.807) is 6.92 Å². The van der Waals surface area contributed by atoms with Gasteiger partial charge in [0.15, 0.2) is 0 Å². The minimum Gasteiger partial charge on any atom is -0.483 e. The number of aliphatic hydroxyl groups is 1. The summed E-state index contributed by atoms with van der Waals surface area (Å²) in [5.74, 6) is -1.04. The highest BCUT2D eigenvalue weighted by Gasteiger charge is 1.81. The zero-order valence-electron chi connectivity index (χ0n) is 14.1. The van der Waals surface area contributed by atoms with Crippen LogP contribution in [0.4, 0.5) is 0 Å². The second-order valence-electron chi connectivity index (χ2n) is 3.26. The van der Waals surface area contributed by atoms with Crippen molar-refractivity contribution in [3.05, 3.63) is 0 Å². The molecule has 0 aromatic heterocycles. The second kappa shape index (κ2) is 42.9. The van der Waals surface area contributed by atoms with E-state index in [0.29, 0.717) is 6.61 Å². The summed E-state index contributed by atoms with van der Waals surface area (Å²) in [6.45, 7) is 8.95. The van der Waals surface area contributed by atoms with Crippen LogP contribution in [0.15, 0.2) is 0 Å². The monoisotopic (exact) mass is 312 g/mol. The van der Waals surface area contributed by atoms with E-state index in [-0.39, 0.29) is 12.4 Å². The quantitative estimate of drug-likeness (QED) is 0.414. The van der Waals surface area contributed by atoms with Gasteiger partial charge in [-0.2, -0.15) is 0 Å². The number of ether oxygens (including phenoxy) is 1. The van der Waals surface area contributed by atoms with Crippen LogP contribution in [-0.4, -0.2) is 47.4 Å². The van der Waals surface area contributed by atoms with Crippen LogP contribution in [0.25, 0.3) is 0 Å². The van der Waals surface area contributed by atoms with Crippen LogP contribution >= 0.6 is 0 Å². The normalized spacial score (nSPS) is 6.81. The Morgan fingerprint density at radius 1 is 1.00 bits per heavy atom. The maximum atomic E-state index is 9.82. The Morgan fingerprint density at radius 2 is 1.24 bits per heavy atom. The van der Waals surface area contributed by atoms with Crippen LogP contribution in [0.5, 0.6) is 0 Å². The van der Waals surface area contributed by atoms with E-state index in [1.807, 2.05) is 0 Å². The first-order chi connectivity index (χ1) is 9.83. The van der Waals surface area contributed by atoms with Crippen LogP contribution in [0.1, 0.15) is 60.3 Å². The fourth-order valence-electron chi connectivity index (χ4n) is 0.703. The third kappa shape index (κ3) is 258. The fourth-order valence-corrected chi connectivity index (χ4v) is 0.703. The molecule has 0 amide bonds. The molecule has 7 heteroatoms. The van der Waals surface area contributed by atoms with Gasteiger partial charge in [-0.3, -0.25) is 14.4 Å². The standard InChI is InChI=1S/C6H14.C4H8O2.C2H4O2.CH2O2.CH4O/c1-3-5-6-4-2;1-3-6-4(2)5;1-2(3)4;2-1-3;1-2/h3-6H2,1-2H3;3H2,1-2H3;1H3,(H,3,4);1H,(H,2,3);2H,1H3. The van der Waals surface area contributed by atoms with Crippen LogP contribution in [0.2, 0.25) is 0 Å². The fraction of sp³-hybridized carbons (Fsp3) is 0.786. The molecule has 0 unspecified atom stereocenters. The first-order valence-corrected chi connectivity index (χ1v) is 6.69. The van der Waals surface area contributed by atoms with Crippen molar-refractivity contribution in [2.24, 2.45) is 0 Å². The van der Waals surface area contributed by atoms with E-state index >= 15 is 0 Å². The first kappa shape index (κ1) is 31.7. The lowest BCUT2D eigenvalue weighted by atomic mass is 10.2. The van der Waals surface area contributed by atoms with Gasteiger partial charge in [0.05, 0.1) is 6.61 Å². The average Bonchev–Trinajstić information content (AvgIpc) is 2.39. The van der Waals surface area contributed by atoms with Gasteiger partial charge in [-0.25, -0.2) is 0 Å². The molecule has 0 aromatic carbocycles. The maximum absolute atomic E-state index is 9.82. The number of aliphatic hydroxyl groups excluding tert-OH is 1. The van der Waals surface area contributed by atoms with Gasteiger partial charge in [0.2, 0.25) is 0 Å². The molecule has 0 fully saturated rings. The van der Waals surface area contributed by atoms with Gasteiger partial charge in [0.1, 0.15) is 0 Å². The topological polar surface area (TPSA) is 121 Å². The molecule has 130 valence electrons. The first-order valence-electron chi connectivity index (χ1n) is 6.69. The summed E-state index contributed by atoms with van der Waals surface area (Å²) in [5, 5.41) is 21.3. The largest absolute Gasteiger partial charge is 0.483 e. The molecule has 0 aliphatic rings. The molecule has 0 aliphatic heterocycles. The van der Waals surface area contributed by atoms with Gasteiger partial charge < -0.3 is 20.1 Å². The van der Waals surface area contributed by atoms with Gasteiger partial charge >= 0.3 is 5.97 Å². The number of carbonyl (C=O) groups is 3. The average molecular weight is 312 g/mol. The summed E-state index contributed by atoms with van der Waals surface area (Å²) < 4.78 is 4.40. The number of aliphatic carboxylic acids is 1. The van der Waals surface area contributed by atoms with Crippen molar-refractivity contribution in [1.82, 2.24) is 0 Å². The van der Waals surface area contributed by atoms with Gasteiger partial charge in [0.25, 0.3) is 12.4 Å². The van der Waals surface area contributed by atoms with E-state index in [2.05, 4.69) is 18.6 Å². The van der Waals surface area contributed by atoms with Crippen LogP contribution in [-0.2, 0) is 19.1 Å². The summed E-state index contributed by atoms with van der Waals surface area (Å²) in [7, 11) is 1.00. The van der Waals surface area contributed by atoms with E-state index in [0.717, 1.165) is 14.0 Å². The predicted molar refractivity (Wildman–Crippen MR) is 82.3 cm³/mol. The van der Waals surface area contributed by atoms with Crippen LogP contribution < -0.4 is 0 Å². The van der Waals surface area contributed by atoms with Crippen molar-refractivity contribution in [2.45, 2.75) is 60.3 Å². The van der Waals surface area contributed by atoms with Crippen molar-refractivity contribution in [2.75, 3.05) is 13.7 Å². The third-order valence-electron chi connectivity index (χ3n) is 1.30. The molecule has 21 heavy (non-hydrogen) atoms. The minimum absolute atomic E-state index is 0.211. The molecule has 0 atom stereocenters. The summed E-state index contributed by atoms with van der Waals surface area (Å²) in [4.78, 5) is 27.2. The Kier molecular flexibility index (Phi) is 64.6. The summed E-state index contributed by atoms with van der Waals surface area (Å²) in [6.07, 6.45) is 5.54. The van der Waals surface area contributed by atoms with Crippen molar-refractivity contribution >= 4 is 18.4 Å². The van der Waals surface area contributed by atoms with Gasteiger partial charge in [-0.1, -0.05) is 39.5 Å². The van der Waals surface area contributed by atoms with E-state index in [1.165, 1.54) is 32.6 Å². The predicted octanol–water partition coefficient (Wildman–Crippen LogP) is 2.56. The summed E-state index contributed by atoms with van der Waals surface area (Å²) in [5.41, 5.74) is 0. The Hall–Kier alpha value is -1.63. The zero-order valence-corrected chi connectivity index (χ0v) is 14.1. The maximum Gasteiger partial charge on any atom is 0.302 e. The highest BCUT2D eigenvalue weighted by molar-refractivity contribution is 5.65.